The van der Waals surface area contributed by atoms with Crippen LogP contribution in [0.3, 0.4) is 0 Å². The molecule has 43 heavy (non-hydrogen) atoms. The maximum atomic E-state index is 12.7. The summed E-state index contributed by atoms with van der Waals surface area (Å²) in [4.78, 5) is 12.7. The molecule has 0 saturated heterocycles. The van der Waals surface area contributed by atoms with Crippen LogP contribution in [0.4, 0.5) is 0 Å². The van der Waals surface area contributed by atoms with E-state index in [0.717, 1.165) is 18.6 Å². The topological polar surface area (TPSA) is 137 Å². The zero-order chi connectivity index (χ0) is 30.1. The molecule has 0 atom stereocenters. The Morgan fingerprint density at radius 1 is 0.814 bits per heavy atom. The van der Waals surface area contributed by atoms with Crippen molar-refractivity contribution in [2.45, 2.75) is 26.5 Å². The lowest BCUT2D eigenvalue weighted by Gasteiger charge is -2.10. The van der Waals surface area contributed by atoms with E-state index in [1.165, 1.54) is 18.2 Å². The number of phenolic OH excluding ortho intramolecular Hbond substituents is 1. The summed E-state index contributed by atoms with van der Waals surface area (Å²) < 4.78 is 40.8. The molecule has 0 aliphatic rings. The third kappa shape index (κ3) is 10.4. The maximum Gasteiger partial charge on any atom is 0.205 e. The molecule has 2 aromatic carbocycles. The molecule has 0 bridgehead atoms. The van der Waals surface area contributed by atoms with Gasteiger partial charge in [0.05, 0.1) is 77.6 Å². The van der Waals surface area contributed by atoms with E-state index in [0.29, 0.717) is 82.8 Å². The number of ether oxygens (including phenoxy) is 6. The van der Waals surface area contributed by atoms with Crippen LogP contribution in [0.1, 0.15) is 19.0 Å². The average Bonchev–Trinajstić information content (AvgIpc) is 3.48. The standard InChI is InChI=1S/C31H39N3O9/c1-2-11-37-13-15-39-17-19-41-20-18-40-16-14-38-12-10-34-22-25(32-33-34)23-42-31-27(35)9-8-26-28(36)21-29(43-30(26)31)24-6-4-3-5-7-24/h3-9,21-22,35H,2,10-20,23H2,1H3. The van der Waals surface area contributed by atoms with Gasteiger partial charge in [0.1, 0.15) is 18.1 Å². The third-order valence-electron chi connectivity index (χ3n) is 6.14. The van der Waals surface area contributed by atoms with Gasteiger partial charge in [-0.3, -0.25) is 4.79 Å². The monoisotopic (exact) mass is 597 g/mol. The van der Waals surface area contributed by atoms with Gasteiger partial charge in [-0.1, -0.05) is 42.5 Å². The van der Waals surface area contributed by atoms with Crippen LogP contribution in [-0.2, 0) is 36.8 Å². The fourth-order valence-corrected chi connectivity index (χ4v) is 4.01. The molecule has 0 fully saturated rings. The maximum absolute atomic E-state index is 12.7. The number of nitrogens with zero attached hydrogens (tertiary/aromatic N) is 3. The smallest absolute Gasteiger partial charge is 0.205 e. The summed E-state index contributed by atoms with van der Waals surface area (Å²) in [6, 6.07) is 13.6. The highest BCUT2D eigenvalue weighted by Gasteiger charge is 2.16. The molecule has 0 aliphatic heterocycles. The lowest BCUT2D eigenvalue weighted by atomic mass is 10.1. The predicted molar refractivity (Wildman–Crippen MR) is 158 cm³/mol. The van der Waals surface area contributed by atoms with Crippen molar-refractivity contribution in [1.82, 2.24) is 15.0 Å². The van der Waals surface area contributed by atoms with Crippen molar-refractivity contribution in [2.75, 3.05) is 66.1 Å². The number of rotatable bonds is 21. The molecule has 1 N–H and O–H groups in total. The first-order chi connectivity index (χ1) is 21.2. The van der Waals surface area contributed by atoms with Crippen molar-refractivity contribution in [2.24, 2.45) is 0 Å². The molecule has 12 nitrogen and oxygen atoms in total. The molecule has 0 saturated carbocycles. The van der Waals surface area contributed by atoms with E-state index in [4.69, 9.17) is 32.8 Å². The van der Waals surface area contributed by atoms with Crippen molar-refractivity contribution in [3.8, 4) is 22.8 Å². The summed E-state index contributed by atoms with van der Waals surface area (Å²) >= 11 is 0. The Balaban J connectivity index is 1.13. The van der Waals surface area contributed by atoms with Gasteiger partial charge in [-0.05, 0) is 18.6 Å². The zero-order valence-corrected chi connectivity index (χ0v) is 24.4. The Morgan fingerprint density at radius 3 is 2.09 bits per heavy atom. The second-order valence-corrected chi connectivity index (χ2v) is 9.45. The summed E-state index contributed by atoms with van der Waals surface area (Å²) in [6.45, 7) is 7.91. The van der Waals surface area contributed by atoms with Crippen molar-refractivity contribution in [3.63, 3.8) is 0 Å². The van der Waals surface area contributed by atoms with Gasteiger partial charge in [0.2, 0.25) is 5.75 Å². The largest absolute Gasteiger partial charge is 0.504 e. The predicted octanol–water partition coefficient (Wildman–Crippen LogP) is 3.83. The van der Waals surface area contributed by atoms with Crippen molar-refractivity contribution < 1.29 is 37.9 Å². The van der Waals surface area contributed by atoms with Gasteiger partial charge in [-0.25, -0.2) is 4.68 Å². The Hall–Kier alpha value is -3.81. The molecule has 0 aliphatic carbocycles. The number of benzene rings is 2. The minimum absolute atomic E-state index is 0.0161. The first-order valence-electron chi connectivity index (χ1n) is 14.4. The Labute approximate surface area is 250 Å². The van der Waals surface area contributed by atoms with Crippen LogP contribution in [0.2, 0.25) is 0 Å². The number of phenols is 1. The Kier molecular flexibility index (Phi) is 13.4. The zero-order valence-electron chi connectivity index (χ0n) is 24.4. The molecule has 0 spiro atoms. The first kappa shape index (κ1) is 32.1. The normalized spacial score (nSPS) is 11.4. The number of fused-ring (bicyclic) bond motifs is 1. The lowest BCUT2D eigenvalue weighted by Crippen LogP contribution is -2.14. The minimum atomic E-state index is -0.236. The Bertz CT molecular complexity index is 1430. The van der Waals surface area contributed by atoms with E-state index in [-0.39, 0.29) is 29.1 Å². The van der Waals surface area contributed by atoms with Gasteiger partial charge in [0.25, 0.3) is 0 Å². The van der Waals surface area contributed by atoms with Crippen LogP contribution in [0, 0.1) is 0 Å². The highest BCUT2D eigenvalue weighted by molar-refractivity contribution is 5.86. The average molecular weight is 598 g/mol. The molecule has 2 aromatic heterocycles. The van der Waals surface area contributed by atoms with E-state index in [1.807, 2.05) is 30.3 Å². The molecular weight excluding hydrogens is 558 g/mol. The minimum Gasteiger partial charge on any atom is -0.504 e. The van der Waals surface area contributed by atoms with Gasteiger partial charge < -0.3 is 37.9 Å². The molecule has 4 aromatic rings. The second-order valence-electron chi connectivity index (χ2n) is 9.45. The highest BCUT2D eigenvalue weighted by atomic mass is 16.6. The van der Waals surface area contributed by atoms with Crippen LogP contribution < -0.4 is 10.2 Å². The highest BCUT2D eigenvalue weighted by Crippen LogP contribution is 2.36. The van der Waals surface area contributed by atoms with Crippen LogP contribution in [0.25, 0.3) is 22.3 Å². The molecule has 0 radical (unpaired) electrons. The number of aromatic hydroxyl groups is 1. The van der Waals surface area contributed by atoms with Crippen LogP contribution in [-0.4, -0.2) is 86.2 Å². The van der Waals surface area contributed by atoms with E-state index in [1.54, 1.807) is 10.9 Å². The lowest BCUT2D eigenvalue weighted by molar-refractivity contribution is -0.0115. The summed E-state index contributed by atoms with van der Waals surface area (Å²) in [5.41, 5.74) is 1.21. The van der Waals surface area contributed by atoms with Crippen molar-refractivity contribution >= 4 is 11.0 Å². The van der Waals surface area contributed by atoms with Crippen LogP contribution in [0.15, 0.2) is 63.9 Å². The van der Waals surface area contributed by atoms with Gasteiger partial charge in [0.15, 0.2) is 16.8 Å². The van der Waals surface area contributed by atoms with E-state index >= 15 is 0 Å². The van der Waals surface area contributed by atoms with E-state index in [9.17, 15) is 9.90 Å². The van der Waals surface area contributed by atoms with Crippen LogP contribution in [0.5, 0.6) is 11.5 Å². The van der Waals surface area contributed by atoms with E-state index < -0.39 is 0 Å². The SMILES string of the molecule is CCCOCCOCCOCCOCCOCCn1cc(COc2c(O)ccc3c(=O)cc(-c4ccccc4)oc23)nn1. The first-order valence-corrected chi connectivity index (χ1v) is 14.4. The van der Waals surface area contributed by atoms with Crippen LogP contribution >= 0.6 is 0 Å². The molecule has 232 valence electrons. The summed E-state index contributed by atoms with van der Waals surface area (Å²) in [5.74, 6) is 0.299. The third-order valence-corrected chi connectivity index (χ3v) is 6.14. The molecular formula is C31H39N3O9. The Morgan fingerprint density at radius 2 is 1.44 bits per heavy atom. The molecule has 12 heteroatoms. The van der Waals surface area contributed by atoms with Gasteiger partial charge >= 0.3 is 0 Å². The summed E-state index contributed by atoms with van der Waals surface area (Å²) in [5, 5.41) is 19.0. The van der Waals surface area contributed by atoms with Crippen molar-refractivity contribution in [3.05, 3.63) is 70.6 Å². The quantitative estimate of drug-likeness (QED) is 0.140. The molecule has 0 amide bonds. The number of hydrogen-bond acceptors (Lipinski definition) is 11. The second kappa shape index (κ2) is 18.0. The fourth-order valence-electron chi connectivity index (χ4n) is 4.01. The fraction of sp³-hybridized carbons (Fsp3) is 0.452. The number of hydrogen-bond donors (Lipinski definition) is 1. The molecule has 0 unspecified atom stereocenters. The summed E-state index contributed by atoms with van der Waals surface area (Å²) in [7, 11) is 0. The number of aromatic nitrogens is 3. The summed E-state index contributed by atoms with van der Waals surface area (Å²) in [6.07, 6.45) is 2.74. The van der Waals surface area contributed by atoms with Gasteiger partial charge in [0, 0.05) is 18.2 Å². The molecule has 4 rings (SSSR count). The van der Waals surface area contributed by atoms with Crippen molar-refractivity contribution in [1.29, 1.82) is 0 Å². The van der Waals surface area contributed by atoms with Gasteiger partial charge in [-0.2, -0.15) is 0 Å². The van der Waals surface area contributed by atoms with E-state index in [2.05, 4.69) is 17.2 Å². The van der Waals surface area contributed by atoms with Gasteiger partial charge in [-0.15, -0.1) is 5.10 Å². The molecule has 2 heterocycles.